The number of alkyl halides is 2. The van der Waals surface area contributed by atoms with Gasteiger partial charge in [-0.25, -0.2) is 4.98 Å². The van der Waals surface area contributed by atoms with Crippen molar-refractivity contribution in [3.8, 4) is 0 Å². The van der Waals surface area contributed by atoms with Gasteiger partial charge in [-0.3, -0.25) is 19.2 Å². The molecule has 0 spiro atoms. The number of piperazine rings is 1. The van der Waals surface area contributed by atoms with Gasteiger partial charge in [0.2, 0.25) is 5.91 Å². The molecule has 2 aliphatic heterocycles. The molecular formula is C19H25F2N5O. The average molecular weight is 377 g/mol. The maximum absolute atomic E-state index is 13.6. The Kier molecular flexibility index (Phi) is 5.36. The summed E-state index contributed by atoms with van der Waals surface area (Å²) in [5, 5.41) is 0. The zero-order chi connectivity index (χ0) is 18.8. The lowest BCUT2D eigenvalue weighted by Gasteiger charge is -2.34. The number of nitrogens with zero attached hydrogens (tertiary/aromatic N) is 5. The van der Waals surface area contributed by atoms with Crippen LogP contribution in [0.1, 0.15) is 25.2 Å². The second kappa shape index (κ2) is 7.90. The van der Waals surface area contributed by atoms with Crippen LogP contribution in [0.3, 0.4) is 0 Å². The largest absolute Gasteiger partial charge is 0.342 e. The SMILES string of the molecule is O=C(CN1CCN(Cc2nc3ccccc3n2C(F)F)CC1)N1CCCC1. The highest BCUT2D eigenvalue weighted by Crippen LogP contribution is 2.24. The molecule has 1 aromatic heterocycles. The zero-order valence-corrected chi connectivity index (χ0v) is 15.4. The number of likely N-dealkylation sites (tertiary alicyclic amines) is 1. The number of hydrogen-bond donors (Lipinski definition) is 0. The predicted octanol–water partition coefficient (Wildman–Crippen LogP) is 2.17. The van der Waals surface area contributed by atoms with Crippen molar-refractivity contribution in [3.63, 3.8) is 0 Å². The van der Waals surface area contributed by atoms with Crippen LogP contribution in [0, 0.1) is 0 Å². The number of benzene rings is 1. The van der Waals surface area contributed by atoms with Gasteiger partial charge in [0.15, 0.2) is 0 Å². The first kappa shape index (κ1) is 18.3. The molecule has 2 saturated heterocycles. The Morgan fingerprint density at radius 2 is 1.67 bits per heavy atom. The molecule has 0 radical (unpaired) electrons. The lowest BCUT2D eigenvalue weighted by Crippen LogP contribution is -2.49. The number of carbonyl (C=O) groups is 1. The number of hydrogen-bond acceptors (Lipinski definition) is 4. The van der Waals surface area contributed by atoms with Gasteiger partial charge >= 0.3 is 6.55 Å². The van der Waals surface area contributed by atoms with Crippen LogP contribution >= 0.6 is 0 Å². The molecule has 0 atom stereocenters. The Morgan fingerprint density at radius 1 is 1.00 bits per heavy atom. The number of para-hydroxylation sites is 2. The van der Waals surface area contributed by atoms with Crippen molar-refractivity contribution in [2.24, 2.45) is 0 Å². The molecule has 6 nitrogen and oxygen atoms in total. The van der Waals surface area contributed by atoms with Gasteiger partial charge in [-0.1, -0.05) is 12.1 Å². The topological polar surface area (TPSA) is 44.6 Å². The highest BCUT2D eigenvalue weighted by molar-refractivity contribution is 5.78. The lowest BCUT2D eigenvalue weighted by atomic mass is 10.3. The number of carbonyl (C=O) groups excluding carboxylic acids is 1. The summed E-state index contributed by atoms with van der Waals surface area (Å²) in [6.45, 7) is 3.05. The third kappa shape index (κ3) is 3.96. The first-order valence-electron chi connectivity index (χ1n) is 9.58. The molecule has 1 amide bonds. The summed E-state index contributed by atoms with van der Waals surface area (Å²) in [6.07, 6.45) is 2.20. The van der Waals surface area contributed by atoms with E-state index in [1.54, 1.807) is 18.2 Å². The Labute approximate surface area is 157 Å². The summed E-state index contributed by atoms with van der Waals surface area (Å²) in [6, 6.07) is 7.01. The molecule has 0 saturated carbocycles. The first-order chi connectivity index (χ1) is 13.1. The molecular weight excluding hydrogens is 352 g/mol. The third-order valence-electron chi connectivity index (χ3n) is 5.51. The maximum atomic E-state index is 13.6. The minimum absolute atomic E-state index is 0.209. The Bertz CT molecular complexity index is 794. The zero-order valence-electron chi connectivity index (χ0n) is 15.4. The van der Waals surface area contributed by atoms with Crippen molar-refractivity contribution in [2.75, 3.05) is 45.8 Å². The van der Waals surface area contributed by atoms with Crippen LogP contribution < -0.4 is 0 Å². The molecule has 2 aliphatic rings. The number of amides is 1. The van der Waals surface area contributed by atoms with Gasteiger partial charge in [-0.2, -0.15) is 8.78 Å². The maximum Gasteiger partial charge on any atom is 0.320 e. The van der Waals surface area contributed by atoms with Crippen molar-refractivity contribution in [1.82, 2.24) is 24.3 Å². The molecule has 0 aliphatic carbocycles. The van der Waals surface area contributed by atoms with E-state index in [1.807, 2.05) is 11.0 Å². The van der Waals surface area contributed by atoms with E-state index in [4.69, 9.17) is 0 Å². The summed E-state index contributed by atoms with van der Waals surface area (Å²) < 4.78 is 28.1. The monoisotopic (exact) mass is 377 g/mol. The van der Waals surface area contributed by atoms with E-state index in [9.17, 15) is 13.6 Å². The number of imidazole rings is 1. The van der Waals surface area contributed by atoms with Gasteiger partial charge < -0.3 is 4.90 Å². The van der Waals surface area contributed by atoms with Crippen LogP contribution in [0.15, 0.2) is 24.3 Å². The highest BCUT2D eigenvalue weighted by Gasteiger charge is 2.25. The van der Waals surface area contributed by atoms with Crippen LogP contribution in [-0.4, -0.2) is 76.0 Å². The molecule has 27 heavy (non-hydrogen) atoms. The predicted molar refractivity (Wildman–Crippen MR) is 98.5 cm³/mol. The minimum atomic E-state index is -2.60. The van der Waals surface area contributed by atoms with Crippen LogP contribution in [0.4, 0.5) is 8.78 Å². The van der Waals surface area contributed by atoms with Gasteiger partial charge in [0.05, 0.1) is 24.1 Å². The smallest absolute Gasteiger partial charge is 0.320 e. The van der Waals surface area contributed by atoms with E-state index in [-0.39, 0.29) is 5.91 Å². The Hall–Kier alpha value is -2.06. The Morgan fingerprint density at radius 3 is 2.37 bits per heavy atom. The van der Waals surface area contributed by atoms with E-state index in [2.05, 4.69) is 14.8 Å². The van der Waals surface area contributed by atoms with Crippen LogP contribution in [-0.2, 0) is 11.3 Å². The molecule has 8 heteroatoms. The van der Waals surface area contributed by atoms with Gasteiger partial charge in [-0.05, 0) is 25.0 Å². The van der Waals surface area contributed by atoms with Gasteiger partial charge in [0.1, 0.15) is 5.82 Å². The summed E-state index contributed by atoms with van der Waals surface area (Å²) in [5.41, 5.74) is 1.07. The van der Waals surface area contributed by atoms with E-state index >= 15 is 0 Å². The van der Waals surface area contributed by atoms with E-state index in [1.165, 1.54) is 0 Å². The second-order valence-corrected chi connectivity index (χ2v) is 7.30. The quantitative estimate of drug-likeness (QED) is 0.801. The fourth-order valence-corrected chi connectivity index (χ4v) is 3.99. The number of rotatable bonds is 5. The first-order valence-corrected chi connectivity index (χ1v) is 9.58. The summed E-state index contributed by atoms with van der Waals surface area (Å²) in [4.78, 5) is 22.9. The molecule has 1 aromatic carbocycles. The fourth-order valence-electron chi connectivity index (χ4n) is 3.99. The molecule has 2 aromatic rings. The van der Waals surface area contributed by atoms with Gasteiger partial charge in [0, 0.05) is 39.3 Å². The Balaban J connectivity index is 1.36. The fraction of sp³-hybridized carbons (Fsp3) is 0.579. The van der Waals surface area contributed by atoms with Crippen molar-refractivity contribution >= 4 is 16.9 Å². The molecule has 3 heterocycles. The van der Waals surface area contributed by atoms with Crippen molar-refractivity contribution in [1.29, 1.82) is 0 Å². The average Bonchev–Trinajstić information content (AvgIpc) is 3.30. The van der Waals surface area contributed by atoms with Crippen molar-refractivity contribution in [2.45, 2.75) is 25.9 Å². The van der Waals surface area contributed by atoms with E-state index < -0.39 is 6.55 Å². The number of fused-ring (bicyclic) bond motifs is 1. The molecule has 0 bridgehead atoms. The van der Waals surface area contributed by atoms with Crippen LogP contribution in [0.2, 0.25) is 0 Å². The van der Waals surface area contributed by atoms with Crippen LogP contribution in [0.25, 0.3) is 11.0 Å². The normalized spacial score (nSPS) is 19.4. The molecule has 2 fully saturated rings. The van der Waals surface area contributed by atoms with Crippen molar-refractivity contribution in [3.05, 3.63) is 30.1 Å². The van der Waals surface area contributed by atoms with E-state index in [0.717, 1.165) is 56.7 Å². The lowest BCUT2D eigenvalue weighted by molar-refractivity contribution is -0.131. The highest BCUT2D eigenvalue weighted by atomic mass is 19.3. The second-order valence-electron chi connectivity index (χ2n) is 7.30. The van der Waals surface area contributed by atoms with Crippen LogP contribution in [0.5, 0.6) is 0 Å². The van der Waals surface area contributed by atoms with Gasteiger partial charge in [-0.15, -0.1) is 0 Å². The third-order valence-corrected chi connectivity index (χ3v) is 5.51. The standard InChI is InChI=1S/C19H25F2N5O/c20-19(21)26-16-6-2-1-5-15(16)22-17(26)13-23-9-11-24(12-10-23)14-18(27)25-7-3-4-8-25/h1-2,5-6,19H,3-4,7-14H2. The number of halogens is 2. The summed E-state index contributed by atoms with van der Waals surface area (Å²) in [5.74, 6) is 0.605. The number of aromatic nitrogens is 2. The molecule has 4 rings (SSSR count). The van der Waals surface area contributed by atoms with E-state index in [0.29, 0.717) is 29.9 Å². The summed E-state index contributed by atoms with van der Waals surface area (Å²) >= 11 is 0. The van der Waals surface area contributed by atoms with Crippen molar-refractivity contribution < 1.29 is 13.6 Å². The molecule has 0 unspecified atom stereocenters. The van der Waals surface area contributed by atoms with Gasteiger partial charge in [0.25, 0.3) is 0 Å². The minimum Gasteiger partial charge on any atom is -0.342 e. The molecule has 146 valence electrons. The molecule has 0 N–H and O–H groups in total. The summed E-state index contributed by atoms with van der Waals surface area (Å²) in [7, 11) is 0.